The molecule has 0 spiro atoms. The van der Waals surface area contributed by atoms with Crippen LogP contribution in [-0.2, 0) is 4.79 Å². The van der Waals surface area contributed by atoms with Gasteiger partial charge in [0.1, 0.15) is 0 Å². The van der Waals surface area contributed by atoms with Crippen molar-refractivity contribution in [2.75, 3.05) is 13.1 Å². The van der Waals surface area contributed by atoms with Crippen molar-refractivity contribution < 1.29 is 4.79 Å². The monoisotopic (exact) mass is 315 g/mol. The van der Waals surface area contributed by atoms with Crippen LogP contribution in [0, 0.1) is 0 Å². The molecule has 2 nitrogen and oxygen atoms in total. The first-order valence-corrected chi connectivity index (χ1v) is 8.59. The Morgan fingerprint density at radius 1 is 0.750 bits per heavy atom. The second kappa shape index (κ2) is 6.58. The molecule has 1 aliphatic carbocycles. The number of rotatable bonds is 3. The maximum Gasteiger partial charge on any atom is 0.187 e. The van der Waals surface area contributed by atoms with Crippen molar-refractivity contribution >= 4 is 17.9 Å². The van der Waals surface area contributed by atoms with Gasteiger partial charge >= 0.3 is 0 Å². The quantitative estimate of drug-likeness (QED) is 0.791. The van der Waals surface area contributed by atoms with Crippen LogP contribution in [0.15, 0.2) is 71.8 Å². The van der Waals surface area contributed by atoms with Crippen molar-refractivity contribution in [3.8, 4) is 0 Å². The molecule has 24 heavy (non-hydrogen) atoms. The summed E-state index contributed by atoms with van der Waals surface area (Å²) in [5.41, 5.74) is 4.00. The third-order valence-electron chi connectivity index (χ3n) is 4.67. The summed E-state index contributed by atoms with van der Waals surface area (Å²) >= 11 is 0. The summed E-state index contributed by atoms with van der Waals surface area (Å²) in [7, 11) is 0. The van der Waals surface area contributed by atoms with Crippen molar-refractivity contribution in [1.29, 1.82) is 0 Å². The molecule has 1 saturated heterocycles. The van der Waals surface area contributed by atoms with Gasteiger partial charge in [0.05, 0.1) is 0 Å². The first kappa shape index (κ1) is 15.1. The Kier molecular flexibility index (Phi) is 4.14. The molecule has 2 heteroatoms. The topological polar surface area (TPSA) is 20.3 Å². The number of hydrogen-bond donors (Lipinski definition) is 0. The zero-order valence-corrected chi connectivity index (χ0v) is 13.7. The summed E-state index contributed by atoms with van der Waals surface area (Å²) in [6.07, 6.45) is 6.61. The third kappa shape index (κ3) is 3.39. The Balaban J connectivity index is 1.68. The molecule has 0 bridgehead atoms. The summed E-state index contributed by atoms with van der Waals surface area (Å²) in [6.45, 7) is 1.54. The molecule has 1 saturated carbocycles. The van der Waals surface area contributed by atoms with E-state index in [9.17, 15) is 4.79 Å². The highest BCUT2D eigenvalue weighted by Crippen LogP contribution is 2.32. The maximum atomic E-state index is 13.0. The van der Waals surface area contributed by atoms with Crippen LogP contribution in [0.1, 0.15) is 24.0 Å². The van der Waals surface area contributed by atoms with E-state index in [-0.39, 0.29) is 5.78 Å². The largest absolute Gasteiger partial charge is 0.292 e. The number of ketones is 1. The Hall–Kier alpha value is -2.45. The minimum absolute atomic E-state index is 0.194. The van der Waals surface area contributed by atoms with Gasteiger partial charge < -0.3 is 0 Å². The molecule has 0 N–H and O–H groups in total. The van der Waals surface area contributed by atoms with E-state index in [0.29, 0.717) is 6.04 Å². The summed E-state index contributed by atoms with van der Waals surface area (Å²) in [4.78, 5) is 15.4. The van der Waals surface area contributed by atoms with Crippen molar-refractivity contribution in [2.24, 2.45) is 0 Å². The number of Topliss-reactive ketones (excluding diaryl/α,β-unsaturated/α-hetero) is 1. The highest BCUT2D eigenvalue weighted by molar-refractivity contribution is 6.14. The van der Waals surface area contributed by atoms with Gasteiger partial charge in [-0.3, -0.25) is 9.69 Å². The van der Waals surface area contributed by atoms with Gasteiger partial charge in [-0.15, -0.1) is 0 Å². The van der Waals surface area contributed by atoms with E-state index in [1.165, 1.54) is 12.8 Å². The van der Waals surface area contributed by atoms with E-state index in [0.717, 1.165) is 35.4 Å². The molecule has 2 aliphatic rings. The van der Waals surface area contributed by atoms with Crippen LogP contribution < -0.4 is 0 Å². The first-order chi connectivity index (χ1) is 11.8. The fourth-order valence-electron chi connectivity index (χ4n) is 3.26. The van der Waals surface area contributed by atoms with Crippen LogP contribution in [0.5, 0.6) is 0 Å². The number of hydrogen-bond acceptors (Lipinski definition) is 2. The van der Waals surface area contributed by atoms with Gasteiger partial charge in [-0.25, -0.2) is 0 Å². The molecular weight excluding hydrogens is 294 g/mol. The van der Waals surface area contributed by atoms with Crippen LogP contribution >= 0.6 is 0 Å². The van der Waals surface area contributed by atoms with E-state index >= 15 is 0 Å². The summed E-state index contributed by atoms with van der Waals surface area (Å²) in [5, 5.41) is 0. The van der Waals surface area contributed by atoms with Gasteiger partial charge in [0.15, 0.2) is 5.78 Å². The lowest BCUT2D eigenvalue weighted by Crippen LogP contribution is -2.39. The van der Waals surface area contributed by atoms with E-state index in [4.69, 9.17) is 0 Å². The highest BCUT2D eigenvalue weighted by Gasteiger charge is 2.35. The maximum absolute atomic E-state index is 13.0. The average Bonchev–Trinajstić information content (AvgIpc) is 3.45. The van der Waals surface area contributed by atoms with Crippen molar-refractivity contribution in [1.82, 2.24) is 4.90 Å². The normalized spacial score (nSPS) is 22.2. The van der Waals surface area contributed by atoms with Crippen molar-refractivity contribution in [3.63, 3.8) is 0 Å². The van der Waals surface area contributed by atoms with Crippen LogP contribution in [0.3, 0.4) is 0 Å². The molecule has 0 unspecified atom stereocenters. The molecule has 4 rings (SSSR count). The number of likely N-dealkylation sites (tertiary alicyclic amines) is 1. The van der Waals surface area contributed by atoms with Crippen LogP contribution in [0.25, 0.3) is 12.2 Å². The molecule has 1 heterocycles. The second-order valence-corrected chi connectivity index (χ2v) is 6.63. The predicted molar refractivity (Wildman–Crippen MR) is 98.4 cm³/mol. The van der Waals surface area contributed by atoms with Gasteiger partial charge in [0.25, 0.3) is 0 Å². The fourth-order valence-corrected chi connectivity index (χ4v) is 3.26. The Morgan fingerprint density at radius 2 is 1.21 bits per heavy atom. The number of benzene rings is 2. The Bertz CT molecular complexity index is 724. The zero-order chi connectivity index (χ0) is 16.4. The molecule has 1 aliphatic heterocycles. The predicted octanol–water partition coefficient (Wildman–Crippen LogP) is 4.20. The summed E-state index contributed by atoms with van der Waals surface area (Å²) < 4.78 is 0. The zero-order valence-electron chi connectivity index (χ0n) is 13.7. The van der Waals surface area contributed by atoms with E-state index in [1.54, 1.807) is 0 Å². The van der Waals surface area contributed by atoms with Gasteiger partial charge in [-0.05, 0) is 36.1 Å². The molecule has 0 aromatic heterocycles. The fraction of sp³-hybridized carbons (Fsp3) is 0.227. The van der Waals surface area contributed by atoms with Crippen molar-refractivity contribution in [3.05, 3.63) is 82.9 Å². The number of carbonyl (C=O) groups is 1. The molecule has 0 atom stereocenters. The highest BCUT2D eigenvalue weighted by atomic mass is 16.1. The van der Waals surface area contributed by atoms with E-state index in [1.807, 2.05) is 36.4 Å². The molecular formula is C22H21NO. The van der Waals surface area contributed by atoms with Crippen molar-refractivity contribution in [2.45, 2.75) is 18.9 Å². The number of carbonyl (C=O) groups excluding carboxylic acids is 1. The van der Waals surface area contributed by atoms with Gasteiger partial charge in [0.2, 0.25) is 0 Å². The molecule has 0 amide bonds. The van der Waals surface area contributed by atoms with Crippen LogP contribution in [0.2, 0.25) is 0 Å². The minimum Gasteiger partial charge on any atom is -0.292 e. The Labute approximate surface area is 143 Å². The van der Waals surface area contributed by atoms with E-state index in [2.05, 4.69) is 41.3 Å². The molecule has 2 aromatic rings. The summed E-state index contributed by atoms with van der Waals surface area (Å²) in [6, 6.07) is 20.9. The molecule has 2 aromatic carbocycles. The molecule has 0 radical (unpaired) electrons. The smallest absolute Gasteiger partial charge is 0.187 e. The SMILES string of the molecule is O=C1C(=Cc2ccccc2)CN(C2CC2)C/C1=C\c1ccccc1. The molecule has 2 fully saturated rings. The second-order valence-electron chi connectivity index (χ2n) is 6.63. The van der Waals surface area contributed by atoms with Gasteiger partial charge in [-0.1, -0.05) is 60.7 Å². The molecule has 120 valence electrons. The standard InChI is InChI=1S/C22H21NO/c24-22-19(13-17-7-3-1-4-8-17)15-23(21-11-12-21)16-20(22)14-18-9-5-2-6-10-18/h1-10,13-14,21H,11-12,15-16H2/b19-13+,20-14?. The lowest BCUT2D eigenvalue weighted by molar-refractivity contribution is -0.113. The lowest BCUT2D eigenvalue weighted by Gasteiger charge is -2.29. The number of piperidine rings is 1. The minimum atomic E-state index is 0.194. The van der Waals surface area contributed by atoms with Crippen LogP contribution in [0.4, 0.5) is 0 Å². The van der Waals surface area contributed by atoms with E-state index < -0.39 is 0 Å². The first-order valence-electron chi connectivity index (χ1n) is 8.59. The van der Waals surface area contributed by atoms with Crippen LogP contribution in [-0.4, -0.2) is 29.8 Å². The Morgan fingerprint density at radius 3 is 1.62 bits per heavy atom. The lowest BCUT2D eigenvalue weighted by atomic mass is 9.94. The van der Waals surface area contributed by atoms with Gasteiger partial charge in [-0.2, -0.15) is 0 Å². The van der Waals surface area contributed by atoms with Gasteiger partial charge in [0, 0.05) is 30.3 Å². The number of nitrogens with zero attached hydrogens (tertiary/aromatic N) is 1. The average molecular weight is 315 g/mol. The third-order valence-corrected chi connectivity index (χ3v) is 4.67. The summed E-state index contributed by atoms with van der Waals surface area (Å²) in [5.74, 6) is 0.194.